The summed E-state index contributed by atoms with van der Waals surface area (Å²) in [5.74, 6) is 0. The van der Waals surface area contributed by atoms with Gasteiger partial charge in [0.1, 0.15) is 0 Å². The van der Waals surface area contributed by atoms with E-state index in [1.54, 1.807) is 0 Å². The highest BCUT2D eigenvalue weighted by Crippen LogP contribution is 2.20. The Balaban J connectivity index is 1.85. The SMILES string of the molecule is O[C@H](CNC1CC1)c1ccccc1. The van der Waals surface area contributed by atoms with E-state index in [9.17, 15) is 5.11 Å². The van der Waals surface area contributed by atoms with Crippen molar-refractivity contribution in [2.45, 2.75) is 25.0 Å². The molecule has 1 aliphatic carbocycles. The molecule has 2 heteroatoms. The van der Waals surface area contributed by atoms with Gasteiger partial charge in [0.05, 0.1) is 6.10 Å². The normalized spacial score (nSPS) is 18.5. The summed E-state index contributed by atoms with van der Waals surface area (Å²) < 4.78 is 0. The minimum Gasteiger partial charge on any atom is -0.387 e. The maximum absolute atomic E-state index is 9.73. The molecule has 0 spiro atoms. The number of aliphatic hydroxyl groups is 1. The van der Waals surface area contributed by atoms with Gasteiger partial charge in [-0.2, -0.15) is 0 Å². The molecular formula is C11H15NO. The summed E-state index contributed by atoms with van der Waals surface area (Å²) in [6.07, 6.45) is 2.17. The van der Waals surface area contributed by atoms with E-state index in [-0.39, 0.29) is 6.10 Å². The molecule has 2 N–H and O–H groups in total. The Morgan fingerprint density at radius 3 is 2.62 bits per heavy atom. The summed E-state index contributed by atoms with van der Waals surface area (Å²) in [4.78, 5) is 0. The van der Waals surface area contributed by atoms with Crippen molar-refractivity contribution >= 4 is 0 Å². The van der Waals surface area contributed by atoms with E-state index in [0.717, 1.165) is 5.56 Å². The van der Waals surface area contributed by atoms with Crippen LogP contribution in [0.3, 0.4) is 0 Å². The highest BCUT2D eigenvalue weighted by atomic mass is 16.3. The molecule has 2 rings (SSSR count). The predicted octanol–water partition coefficient (Wildman–Crippen LogP) is 1.47. The van der Waals surface area contributed by atoms with Crippen LogP contribution in [0.25, 0.3) is 0 Å². The first kappa shape index (κ1) is 8.73. The summed E-state index contributed by atoms with van der Waals surface area (Å²) in [5, 5.41) is 13.0. The summed E-state index contributed by atoms with van der Waals surface area (Å²) in [5.41, 5.74) is 0.996. The van der Waals surface area contributed by atoms with Gasteiger partial charge in [0.15, 0.2) is 0 Å². The Morgan fingerprint density at radius 1 is 1.31 bits per heavy atom. The van der Waals surface area contributed by atoms with Crippen molar-refractivity contribution < 1.29 is 5.11 Å². The average molecular weight is 177 g/mol. The van der Waals surface area contributed by atoms with Gasteiger partial charge in [-0.25, -0.2) is 0 Å². The molecule has 0 aliphatic heterocycles. The second kappa shape index (κ2) is 3.90. The molecule has 0 unspecified atom stereocenters. The molecule has 0 heterocycles. The molecule has 0 aromatic heterocycles. The van der Waals surface area contributed by atoms with Gasteiger partial charge in [0.2, 0.25) is 0 Å². The van der Waals surface area contributed by atoms with E-state index < -0.39 is 0 Å². The average Bonchev–Trinajstić information content (AvgIpc) is 2.99. The molecule has 1 aliphatic rings. The fourth-order valence-corrected chi connectivity index (χ4v) is 1.36. The zero-order chi connectivity index (χ0) is 9.10. The minimum absolute atomic E-state index is 0.359. The highest BCUT2D eigenvalue weighted by Gasteiger charge is 2.21. The Hall–Kier alpha value is -0.860. The highest BCUT2D eigenvalue weighted by molar-refractivity contribution is 5.17. The van der Waals surface area contributed by atoms with Crippen molar-refractivity contribution in [1.82, 2.24) is 5.32 Å². The van der Waals surface area contributed by atoms with E-state index in [2.05, 4.69) is 5.32 Å². The summed E-state index contributed by atoms with van der Waals surface area (Å²) in [7, 11) is 0. The van der Waals surface area contributed by atoms with Gasteiger partial charge in [0.25, 0.3) is 0 Å². The number of nitrogens with one attached hydrogen (secondary N) is 1. The van der Waals surface area contributed by atoms with Gasteiger partial charge in [0, 0.05) is 12.6 Å². The van der Waals surface area contributed by atoms with Crippen LogP contribution in [-0.4, -0.2) is 17.7 Å². The Kier molecular flexibility index (Phi) is 2.62. The van der Waals surface area contributed by atoms with Crippen molar-refractivity contribution in [2.24, 2.45) is 0 Å². The van der Waals surface area contributed by atoms with Gasteiger partial charge in [-0.3, -0.25) is 0 Å². The third kappa shape index (κ3) is 2.54. The van der Waals surface area contributed by atoms with Crippen molar-refractivity contribution in [3.8, 4) is 0 Å². The second-order valence-corrected chi connectivity index (χ2v) is 3.61. The van der Waals surface area contributed by atoms with E-state index in [0.29, 0.717) is 12.6 Å². The standard InChI is InChI=1S/C11H15NO/c13-11(8-12-10-6-7-10)9-4-2-1-3-5-9/h1-5,10-13H,6-8H2/t11-/m1/s1. The van der Waals surface area contributed by atoms with E-state index in [4.69, 9.17) is 0 Å². The molecule has 0 amide bonds. The Labute approximate surface area is 78.6 Å². The minimum atomic E-state index is -0.359. The van der Waals surface area contributed by atoms with Gasteiger partial charge < -0.3 is 10.4 Å². The van der Waals surface area contributed by atoms with Crippen LogP contribution in [0, 0.1) is 0 Å². The van der Waals surface area contributed by atoms with Crippen LogP contribution in [0.15, 0.2) is 30.3 Å². The first-order valence-electron chi connectivity index (χ1n) is 4.82. The van der Waals surface area contributed by atoms with Crippen LogP contribution in [0.1, 0.15) is 24.5 Å². The van der Waals surface area contributed by atoms with Crippen molar-refractivity contribution in [1.29, 1.82) is 0 Å². The van der Waals surface area contributed by atoms with Crippen LogP contribution in [-0.2, 0) is 0 Å². The third-order valence-corrected chi connectivity index (χ3v) is 2.36. The number of hydrogen-bond donors (Lipinski definition) is 2. The molecule has 0 bridgehead atoms. The van der Waals surface area contributed by atoms with E-state index in [1.165, 1.54) is 12.8 Å². The molecule has 13 heavy (non-hydrogen) atoms. The lowest BCUT2D eigenvalue weighted by atomic mass is 10.1. The van der Waals surface area contributed by atoms with Crippen LogP contribution < -0.4 is 5.32 Å². The zero-order valence-electron chi connectivity index (χ0n) is 7.61. The molecule has 1 atom stereocenters. The molecule has 1 fully saturated rings. The quantitative estimate of drug-likeness (QED) is 0.730. The van der Waals surface area contributed by atoms with Crippen LogP contribution >= 0.6 is 0 Å². The van der Waals surface area contributed by atoms with Crippen LogP contribution in [0.5, 0.6) is 0 Å². The van der Waals surface area contributed by atoms with Gasteiger partial charge >= 0.3 is 0 Å². The molecule has 1 aromatic rings. The lowest BCUT2D eigenvalue weighted by Gasteiger charge is -2.11. The van der Waals surface area contributed by atoms with Gasteiger partial charge in [-0.1, -0.05) is 30.3 Å². The monoisotopic (exact) mass is 177 g/mol. The molecule has 1 aromatic carbocycles. The smallest absolute Gasteiger partial charge is 0.0914 e. The summed E-state index contributed by atoms with van der Waals surface area (Å²) in [6, 6.07) is 10.5. The number of rotatable bonds is 4. The summed E-state index contributed by atoms with van der Waals surface area (Å²) >= 11 is 0. The van der Waals surface area contributed by atoms with Gasteiger partial charge in [-0.05, 0) is 18.4 Å². The first-order chi connectivity index (χ1) is 6.36. The lowest BCUT2D eigenvalue weighted by Crippen LogP contribution is -2.23. The van der Waals surface area contributed by atoms with Gasteiger partial charge in [-0.15, -0.1) is 0 Å². The topological polar surface area (TPSA) is 32.3 Å². The number of aliphatic hydroxyl groups excluding tert-OH is 1. The number of benzene rings is 1. The second-order valence-electron chi connectivity index (χ2n) is 3.61. The molecule has 1 saturated carbocycles. The zero-order valence-corrected chi connectivity index (χ0v) is 7.61. The lowest BCUT2D eigenvalue weighted by molar-refractivity contribution is 0.174. The Morgan fingerprint density at radius 2 is 2.00 bits per heavy atom. The largest absolute Gasteiger partial charge is 0.387 e. The first-order valence-corrected chi connectivity index (χ1v) is 4.82. The van der Waals surface area contributed by atoms with Crippen molar-refractivity contribution in [3.05, 3.63) is 35.9 Å². The maximum Gasteiger partial charge on any atom is 0.0914 e. The van der Waals surface area contributed by atoms with Crippen LogP contribution in [0.4, 0.5) is 0 Å². The van der Waals surface area contributed by atoms with E-state index in [1.807, 2.05) is 30.3 Å². The molecular weight excluding hydrogens is 162 g/mol. The maximum atomic E-state index is 9.73. The molecule has 2 nitrogen and oxygen atoms in total. The predicted molar refractivity (Wildman–Crippen MR) is 52.4 cm³/mol. The van der Waals surface area contributed by atoms with Crippen LogP contribution in [0.2, 0.25) is 0 Å². The fourth-order valence-electron chi connectivity index (χ4n) is 1.36. The molecule has 0 radical (unpaired) electrons. The van der Waals surface area contributed by atoms with Crippen molar-refractivity contribution in [3.63, 3.8) is 0 Å². The fraction of sp³-hybridized carbons (Fsp3) is 0.455. The molecule has 70 valence electrons. The summed E-state index contributed by atoms with van der Waals surface area (Å²) in [6.45, 7) is 0.675. The number of hydrogen-bond acceptors (Lipinski definition) is 2. The van der Waals surface area contributed by atoms with E-state index >= 15 is 0 Å². The third-order valence-electron chi connectivity index (χ3n) is 2.36. The Bertz CT molecular complexity index is 256. The van der Waals surface area contributed by atoms with Crippen molar-refractivity contribution in [2.75, 3.05) is 6.54 Å². The molecule has 0 saturated heterocycles.